The van der Waals surface area contributed by atoms with Gasteiger partial charge in [-0.25, -0.2) is 4.39 Å². The fraction of sp³-hybridized carbons (Fsp3) is 0.308. The number of rotatable bonds is 4. The highest BCUT2D eigenvalue weighted by Crippen LogP contribution is 2.18. The summed E-state index contributed by atoms with van der Waals surface area (Å²) in [6.45, 7) is 2.60. The molecule has 0 saturated carbocycles. The van der Waals surface area contributed by atoms with Gasteiger partial charge in [-0.3, -0.25) is 4.68 Å². The van der Waals surface area contributed by atoms with Crippen LogP contribution in [0.5, 0.6) is 0 Å². The van der Waals surface area contributed by atoms with Crippen LogP contribution in [0.1, 0.15) is 18.2 Å². The Labute approximate surface area is 111 Å². The van der Waals surface area contributed by atoms with Gasteiger partial charge in [0.2, 0.25) is 0 Å². The number of hydrogen-bond donors (Lipinski definition) is 1. The van der Waals surface area contributed by atoms with Crippen molar-refractivity contribution < 1.29 is 4.39 Å². The van der Waals surface area contributed by atoms with Crippen molar-refractivity contribution in [3.05, 3.63) is 46.5 Å². The Balaban J connectivity index is 2.08. The molecule has 1 aromatic heterocycles. The number of nitrogens with zero attached hydrogens (tertiary/aromatic N) is 2. The van der Waals surface area contributed by atoms with E-state index in [1.165, 1.54) is 6.07 Å². The molecule has 0 radical (unpaired) electrons. The van der Waals surface area contributed by atoms with E-state index in [2.05, 4.69) is 17.3 Å². The first-order valence-corrected chi connectivity index (χ1v) is 6.18. The maximum atomic E-state index is 13.3. The Kier molecular flexibility index (Phi) is 3.87. The minimum Gasteiger partial charge on any atom is -0.378 e. The molecular formula is C13H15ClFN3. The normalized spacial score (nSPS) is 10.7. The van der Waals surface area contributed by atoms with Crippen LogP contribution < -0.4 is 5.32 Å². The third-order valence-electron chi connectivity index (χ3n) is 2.71. The number of aromatic nitrogens is 2. The fourth-order valence-corrected chi connectivity index (χ4v) is 1.91. The number of nitrogens with one attached hydrogen (secondary N) is 1. The maximum Gasteiger partial charge on any atom is 0.142 e. The molecule has 0 fully saturated rings. The second kappa shape index (κ2) is 5.40. The highest BCUT2D eigenvalue weighted by molar-refractivity contribution is 6.30. The first-order valence-electron chi connectivity index (χ1n) is 5.80. The lowest BCUT2D eigenvalue weighted by Gasteiger charge is -2.06. The summed E-state index contributed by atoms with van der Waals surface area (Å²) in [5.41, 5.74) is 2.84. The van der Waals surface area contributed by atoms with E-state index in [1.54, 1.807) is 16.8 Å². The topological polar surface area (TPSA) is 29.9 Å². The molecule has 0 aliphatic heterocycles. The Bertz CT molecular complexity index is 551. The van der Waals surface area contributed by atoms with Crippen molar-refractivity contribution in [1.29, 1.82) is 0 Å². The summed E-state index contributed by atoms with van der Waals surface area (Å²) in [5, 5.41) is 7.73. The molecule has 0 atom stereocenters. The van der Waals surface area contributed by atoms with Crippen LogP contribution in [-0.2, 0) is 20.0 Å². The molecule has 18 heavy (non-hydrogen) atoms. The van der Waals surface area contributed by atoms with Crippen molar-refractivity contribution in [2.75, 3.05) is 5.32 Å². The fourth-order valence-electron chi connectivity index (χ4n) is 1.79. The number of halogens is 2. The van der Waals surface area contributed by atoms with Crippen LogP contribution >= 0.6 is 11.6 Å². The monoisotopic (exact) mass is 267 g/mol. The molecule has 1 heterocycles. The van der Waals surface area contributed by atoms with Crippen molar-refractivity contribution in [2.45, 2.75) is 19.9 Å². The highest BCUT2D eigenvalue weighted by Gasteiger charge is 2.06. The van der Waals surface area contributed by atoms with E-state index >= 15 is 0 Å². The molecule has 5 heteroatoms. The number of aryl methyl sites for hydroxylation is 2. The average molecular weight is 268 g/mol. The summed E-state index contributed by atoms with van der Waals surface area (Å²) in [6.07, 6.45) is 2.78. The quantitative estimate of drug-likeness (QED) is 0.920. The van der Waals surface area contributed by atoms with Gasteiger partial charge in [0, 0.05) is 19.8 Å². The molecule has 2 aromatic rings. The summed E-state index contributed by atoms with van der Waals surface area (Å²) in [7, 11) is 1.88. The molecule has 2 rings (SSSR count). The van der Waals surface area contributed by atoms with Crippen LogP contribution in [-0.4, -0.2) is 9.78 Å². The first-order chi connectivity index (χ1) is 8.60. The molecule has 0 aliphatic rings. The van der Waals surface area contributed by atoms with E-state index in [4.69, 9.17) is 11.6 Å². The van der Waals surface area contributed by atoms with Gasteiger partial charge in [0.05, 0.1) is 16.4 Å². The van der Waals surface area contributed by atoms with Gasteiger partial charge in [0.15, 0.2) is 0 Å². The predicted molar refractivity (Wildman–Crippen MR) is 71.3 cm³/mol. The second-order valence-corrected chi connectivity index (χ2v) is 4.53. The summed E-state index contributed by atoms with van der Waals surface area (Å²) < 4.78 is 15.0. The number of anilines is 1. The summed E-state index contributed by atoms with van der Waals surface area (Å²) in [6, 6.07) is 4.82. The van der Waals surface area contributed by atoms with Gasteiger partial charge in [-0.05, 0) is 24.1 Å². The molecular weight excluding hydrogens is 253 g/mol. The smallest absolute Gasteiger partial charge is 0.142 e. The third-order valence-corrected chi connectivity index (χ3v) is 3.01. The van der Waals surface area contributed by atoms with E-state index in [-0.39, 0.29) is 5.02 Å². The van der Waals surface area contributed by atoms with Gasteiger partial charge >= 0.3 is 0 Å². The van der Waals surface area contributed by atoms with E-state index in [0.29, 0.717) is 6.54 Å². The van der Waals surface area contributed by atoms with Crippen molar-refractivity contribution in [3.63, 3.8) is 0 Å². The largest absolute Gasteiger partial charge is 0.378 e. The van der Waals surface area contributed by atoms with E-state index in [9.17, 15) is 4.39 Å². The highest BCUT2D eigenvalue weighted by atomic mass is 35.5. The lowest BCUT2D eigenvalue weighted by atomic mass is 10.2. The lowest BCUT2D eigenvalue weighted by Crippen LogP contribution is -2.01. The Morgan fingerprint density at radius 3 is 2.89 bits per heavy atom. The van der Waals surface area contributed by atoms with Crippen LogP contribution in [0.3, 0.4) is 0 Å². The van der Waals surface area contributed by atoms with Gasteiger partial charge in [-0.15, -0.1) is 0 Å². The molecule has 96 valence electrons. The van der Waals surface area contributed by atoms with E-state index < -0.39 is 5.82 Å². The van der Waals surface area contributed by atoms with Crippen LogP contribution in [0.2, 0.25) is 5.02 Å². The minimum atomic E-state index is -0.391. The van der Waals surface area contributed by atoms with Crippen LogP contribution in [0.25, 0.3) is 0 Å². The maximum absolute atomic E-state index is 13.3. The minimum absolute atomic E-state index is 0.148. The Morgan fingerprint density at radius 2 is 2.22 bits per heavy atom. The third kappa shape index (κ3) is 2.82. The van der Waals surface area contributed by atoms with E-state index in [0.717, 1.165) is 23.4 Å². The van der Waals surface area contributed by atoms with Crippen LogP contribution in [0, 0.1) is 5.82 Å². The molecule has 3 nitrogen and oxygen atoms in total. The molecule has 0 bridgehead atoms. The standard InChI is InChI=1S/C13H15ClFN3/c1-3-12-13(8-18(2)17-12)16-7-9-4-5-10(14)11(15)6-9/h4-6,8,16H,3,7H2,1-2H3. The van der Waals surface area contributed by atoms with Crippen molar-refractivity contribution in [3.8, 4) is 0 Å². The first kappa shape index (κ1) is 12.9. The van der Waals surface area contributed by atoms with Crippen molar-refractivity contribution >= 4 is 17.3 Å². The van der Waals surface area contributed by atoms with Crippen LogP contribution in [0.4, 0.5) is 10.1 Å². The van der Waals surface area contributed by atoms with Gasteiger partial charge in [0.25, 0.3) is 0 Å². The van der Waals surface area contributed by atoms with Crippen LogP contribution in [0.15, 0.2) is 24.4 Å². The zero-order valence-corrected chi connectivity index (χ0v) is 11.1. The molecule has 0 amide bonds. The summed E-state index contributed by atoms with van der Waals surface area (Å²) >= 11 is 5.64. The van der Waals surface area contributed by atoms with Gasteiger partial charge < -0.3 is 5.32 Å². The molecule has 1 N–H and O–H groups in total. The molecule has 0 aliphatic carbocycles. The SMILES string of the molecule is CCc1nn(C)cc1NCc1ccc(Cl)c(F)c1. The van der Waals surface area contributed by atoms with Gasteiger partial charge in [0.1, 0.15) is 5.82 Å². The van der Waals surface area contributed by atoms with Gasteiger partial charge in [-0.2, -0.15) is 5.10 Å². The summed E-state index contributed by atoms with van der Waals surface area (Å²) in [4.78, 5) is 0. The average Bonchev–Trinajstić information content (AvgIpc) is 2.71. The second-order valence-electron chi connectivity index (χ2n) is 4.12. The predicted octanol–water partition coefficient (Wildman–Crippen LogP) is 3.39. The number of hydrogen-bond acceptors (Lipinski definition) is 2. The zero-order valence-electron chi connectivity index (χ0n) is 10.4. The zero-order chi connectivity index (χ0) is 13.1. The van der Waals surface area contributed by atoms with E-state index in [1.807, 2.05) is 13.2 Å². The van der Waals surface area contributed by atoms with Gasteiger partial charge in [-0.1, -0.05) is 24.6 Å². The Morgan fingerprint density at radius 1 is 1.44 bits per heavy atom. The number of benzene rings is 1. The molecule has 0 unspecified atom stereocenters. The van der Waals surface area contributed by atoms with Crippen molar-refractivity contribution in [1.82, 2.24) is 9.78 Å². The summed E-state index contributed by atoms with van der Waals surface area (Å²) in [5.74, 6) is -0.391. The molecule has 1 aromatic carbocycles. The lowest BCUT2D eigenvalue weighted by molar-refractivity contribution is 0.626. The van der Waals surface area contributed by atoms with Crippen molar-refractivity contribution in [2.24, 2.45) is 7.05 Å². The molecule has 0 saturated heterocycles. The Hall–Kier alpha value is -1.55. The molecule has 0 spiro atoms.